The van der Waals surface area contributed by atoms with E-state index in [9.17, 15) is 4.79 Å². The second kappa shape index (κ2) is 8.34. The lowest BCUT2D eigenvalue weighted by atomic mass is 10.2. The van der Waals surface area contributed by atoms with Gasteiger partial charge in [-0.15, -0.1) is 11.8 Å². The van der Waals surface area contributed by atoms with Gasteiger partial charge in [0.1, 0.15) is 11.5 Å². The van der Waals surface area contributed by atoms with Gasteiger partial charge in [0.05, 0.1) is 30.7 Å². The molecule has 0 saturated carbocycles. The second-order valence-electron chi connectivity index (χ2n) is 4.48. The molecule has 2 rings (SSSR count). The molecule has 0 aliphatic heterocycles. The van der Waals surface area contributed by atoms with Gasteiger partial charge in [-0.1, -0.05) is 23.2 Å². The maximum Gasteiger partial charge on any atom is 0.234 e. The SMILES string of the molecule is COc1cc(OC)c(NC(=O)CSc2ccc(Cl)cc2)cc1Cl. The van der Waals surface area contributed by atoms with Crippen molar-refractivity contribution in [1.29, 1.82) is 0 Å². The number of hydrogen-bond donors (Lipinski definition) is 1. The molecule has 0 atom stereocenters. The fraction of sp³-hybridized carbons (Fsp3) is 0.188. The standard InChI is InChI=1S/C16H15Cl2NO3S/c1-21-14-8-15(22-2)13(7-12(14)18)19-16(20)9-23-11-5-3-10(17)4-6-11/h3-8H,9H2,1-2H3,(H,19,20). The molecular formula is C16H15Cl2NO3S. The Balaban J connectivity index is 2.02. The largest absolute Gasteiger partial charge is 0.495 e. The van der Waals surface area contributed by atoms with Crippen molar-refractivity contribution in [1.82, 2.24) is 0 Å². The highest BCUT2D eigenvalue weighted by Gasteiger charge is 2.12. The van der Waals surface area contributed by atoms with Crippen LogP contribution < -0.4 is 14.8 Å². The van der Waals surface area contributed by atoms with Crippen LogP contribution in [-0.4, -0.2) is 25.9 Å². The van der Waals surface area contributed by atoms with Crippen LogP contribution in [0.5, 0.6) is 11.5 Å². The van der Waals surface area contributed by atoms with Crippen molar-refractivity contribution in [3.63, 3.8) is 0 Å². The fourth-order valence-electron chi connectivity index (χ4n) is 1.82. The number of halogens is 2. The van der Waals surface area contributed by atoms with Crippen LogP contribution in [0.4, 0.5) is 5.69 Å². The van der Waals surface area contributed by atoms with Gasteiger partial charge in [0.2, 0.25) is 5.91 Å². The van der Waals surface area contributed by atoms with Crippen LogP contribution in [0.15, 0.2) is 41.3 Å². The van der Waals surface area contributed by atoms with E-state index in [0.29, 0.717) is 27.2 Å². The first-order valence-corrected chi connectivity index (χ1v) is 8.37. The van der Waals surface area contributed by atoms with E-state index in [2.05, 4.69) is 5.32 Å². The van der Waals surface area contributed by atoms with E-state index in [4.69, 9.17) is 32.7 Å². The van der Waals surface area contributed by atoms with Gasteiger partial charge in [0.15, 0.2) is 0 Å². The van der Waals surface area contributed by atoms with Gasteiger partial charge in [0, 0.05) is 16.0 Å². The number of hydrogen-bond acceptors (Lipinski definition) is 4. The normalized spacial score (nSPS) is 10.3. The highest BCUT2D eigenvalue weighted by atomic mass is 35.5. The van der Waals surface area contributed by atoms with Gasteiger partial charge >= 0.3 is 0 Å². The Bertz CT molecular complexity index is 692. The Morgan fingerprint density at radius 1 is 1.09 bits per heavy atom. The Hall–Kier alpha value is -1.56. The van der Waals surface area contributed by atoms with Crippen LogP contribution in [0.1, 0.15) is 0 Å². The van der Waals surface area contributed by atoms with Crippen LogP contribution in [0.25, 0.3) is 0 Å². The Labute approximate surface area is 149 Å². The molecule has 2 aromatic rings. The number of carbonyl (C=O) groups is 1. The lowest BCUT2D eigenvalue weighted by molar-refractivity contribution is -0.113. The molecule has 0 heterocycles. The third-order valence-corrected chi connectivity index (χ3v) is 4.49. The number of rotatable bonds is 6. The van der Waals surface area contributed by atoms with E-state index in [-0.39, 0.29) is 11.7 Å². The van der Waals surface area contributed by atoms with Crippen LogP contribution in [0.2, 0.25) is 10.0 Å². The second-order valence-corrected chi connectivity index (χ2v) is 6.37. The number of anilines is 1. The number of benzene rings is 2. The number of carbonyl (C=O) groups excluding carboxylic acids is 1. The lowest BCUT2D eigenvalue weighted by Crippen LogP contribution is -2.14. The summed E-state index contributed by atoms with van der Waals surface area (Å²) < 4.78 is 10.4. The summed E-state index contributed by atoms with van der Waals surface area (Å²) in [6, 6.07) is 10.5. The number of methoxy groups -OCH3 is 2. The van der Waals surface area contributed by atoms with Gasteiger partial charge in [-0.3, -0.25) is 4.79 Å². The molecule has 0 aliphatic rings. The van der Waals surface area contributed by atoms with Gasteiger partial charge in [-0.2, -0.15) is 0 Å². The molecule has 0 aliphatic carbocycles. The molecule has 0 radical (unpaired) electrons. The van der Waals surface area contributed by atoms with Crippen LogP contribution in [-0.2, 0) is 4.79 Å². The minimum atomic E-state index is -0.163. The third kappa shape index (κ3) is 4.96. The minimum Gasteiger partial charge on any atom is -0.495 e. The first kappa shape index (κ1) is 17.8. The molecule has 2 aromatic carbocycles. The summed E-state index contributed by atoms with van der Waals surface area (Å²) in [5.41, 5.74) is 0.500. The Kier molecular flexibility index (Phi) is 6.45. The summed E-state index contributed by atoms with van der Waals surface area (Å²) in [6.07, 6.45) is 0. The van der Waals surface area contributed by atoms with E-state index in [0.717, 1.165) is 4.90 Å². The number of amides is 1. The van der Waals surface area contributed by atoms with Crippen molar-refractivity contribution in [2.75, 3.05) is 25.3 Å². The fourth-order valence-corrected chi connectivity index (χ4v) is 2.89. The van der Waals surface area contributed by atoms with E-state index in [1.807, 2.05) is 12.1 Å². The summed E-state index contributed by atoms with van der Waals surface area (Å²) in [5, 5.41) is 3.84. The van der Waals surface area contributed by atoms with Gasteiger partial charge in [-0.05, 0) is 30.3 Å². The molecule has 0 spiro atoms. The zero-order valence-electron chi connectivity index (χ0n) is 12.6. The molecule has 0 fully saturated rings. The highest BCUT2D eigenvalue weighted by molar-refractivity contribution is 8.00. The van der Waals surface area contributed by atoms with E-state index < -0.39 is 0 Å². The van der Waals surface area contributed by atoms with E-state index >= 15 is 0 Å². The molecule has 4 nitrogen and oxygen atoms in total. The van der Waals surface area contributed by atoms with Crippen LogP contribution >= 0.6 is 35.0 Å². The van der Waals surface area contributed by atoms with Crippen molar-refractivity contribution in [2.24, 2.45) is 0 Å². The van der Waals surface area contributed by atoms with Crippen LogP contribution in [0, 0.1) is 0 Å². The molecule has 0 bridgehead atoms. The quantitative estimate of drug-likeness (QED) is 0.744. The third-order valence-electron chi connectivity index (χ3n) is 2.93. The summed E-state index contributed by atoms with van der Waals surface area (Å²) in [7, 11) is 3.03. The predicted molar refractivity (Wildman–Crippen MR) is 95.4 cm³/mol. The smallest absolute Gasteiger partial charge is 0.234 e. The van der Waals surface area contributed by atoms with Crippen molar-refractivity contribution < 1.29 is 14.3 Å². The molecule has 0 unspecified atom stereocenters. The maximum absolute atomic E-state index is 12.1. The van der Waals surface area contributed by atoms with Crippen molar-refractivity contribution in [3.8, 4) is 11.5 Å². The number of thioether (sulfide) groups is 1. The summed E-state index contributed by atoms with van der Waals surface area (Å²) in [4.78, 5) is 13.1. The molecule has 7 heteroatoms. The molecule has 122 valence electrons. The summed E-state index contributed by atoms with van der Waals surface area (Å²) in [6.45, 7) is 0. The predicted octanol–water partition coefficient (Wildman–Crippen LogP) is 4.74. The van der Waals surface area contributed by atoms with Gasteiger partial charge in [-0.25, -0.2) is 0 Å². The van der Waals surface area contributed by atoms with Gasteiger partial charge in [0.25, 0.3) is 0 Å². The Morgan fingerprint density at radius 2 is 1.74 bits per heavy atom. The molecule has 0 saturated heterocycles. The monoisotopic (exact) mass is 371 g/mol. The molecule has 23 heavy (non-hydrogen) atoms. The molecule has 0 aromatic heterocycles. The average Bonchev–Trinajstić information content (AvgIpc) is 2.54. The van der Waals surface area contributed by atoms with E-state index in [1.54, 1.807) is 24.3 Å². The Morgan fingerprint density at radius 3 is 2.35 bits per heavy atom. The molecule has 1 amide bonds. The van der Waals surface area contributed by atoms with Crippen molar-refractivity contribution in [2.45, 2.75) is 4.90 Å². The van der Waals surface area contributed by atoms with Crippen molar-refractivity contribution in [3.05, 3.63) is 46.4 Å². The maximum atomic E-state index is 12.1. The average molecular weight is 372 g/mol. The van der Waals surface area contributed by atoms with E-state index in [1.165, 1.54) is 26.0 Å². The zero-order valence-corrected chi connectivity index (χ0v) is 14.9. The molecule has 1 N–H and O–H groups in total. The minimum absolute atomic E-state index is 0.163. The number of nitrogens with one attached hydrogen (secondary N) is 1. The zero-order chi connectivity index (χ0) is 16.8. The van der Waals surface area contributed by atoms with Gasteiger partial charge < -0.3 is 14.8 Å². The lowest BCUT2D eigenvalue weighted by Gasteiger charge is -2.13. The summed E-state index contributed by atoms with van der Waals surface area (Å²) in [5.74, 6) is 1.06. The topological polar surface area (TPSA) is 47.6 Å². The molecular weight excluding hydrogens is 357 g/mol. The first-order chi connectivity index (χ1) is 11.0. The first-order valence-electron chi connectivity index (χ1n) is 6.63. The summed E-state index contributed by atoms with van der Waals surface area (Å²) >= 11 is 13.3. The van der Waals surface area contributed by atoms with Crippen LogP contribution in [0.3, 0.4) is 0 Å². The number of ether oxygens (including phenoxy) is 2. The highest BCUT2D eigenvalue weighted by Crippen LogP contribution is 2.36. The van der Waals surface area contributed by atoms with Crippen molar-refractivity contribution >= 4 is 46.6 Å².